The molecule has 3 aliphatic rings. The first kappa shape index (κ1) is 27.3. The van der Waals surface area contributed by atoms with E-state index in [9.17, 15) is 0 Å². The van der Waals surface area contributed by atoms with Gasteiger partial charge in [0.1, 0.15) is 35.5 Å². The van der Waals surface area contributed by atoms with E-state index in [4.69, 9.17) is 24.9 Å². The fraction of sp³-hybridized carbons (Fsp3) is 0.400. The van der Waals surface area contributed by atoms with Gasteiger partial charge in [0.2, 0.25) is 0 Å². The van der Waals surface area contributed by atoms with Crippen LogP contribution in [0.5, 0.6) is 5.75 Å². The van der Waals surface area contributed by atoms with Crippen molar-refractivity contribution >= 4 is 33.6 Å². The van der Waals surface area contributed by atoms with E-state index in [-0.39, 0.29) is 23.7 Å². The van der Waals surface area contributed by atoms with Crippen molar-refractivity contribution in [2.24, 2.45) is 11.3 Å². The first-order chi connectivity index (χ1) is 21.2. The van der Waals surface area contributed by atoms with Crippen molar-refractivity contribution in [3.05, 3.63) is 84.3 Å². The highest BCUT2D eigenvalue weighted by Gasteiger charge is 2.75. The molecular formula is C35H38N6O3. The third-order valence-corrected chi connectivity index (χ3v) is 10.1. The van der Waals surface area contributed by atoms with Crippen LogP contribution in [0.15, 0.2) is 73.2 Å². The second-order valence-corrected chi connectivity index (χ2v) is 13.2. The van der Waals surface area contributed by atoms with Gasteiger partial charge >= 0.3 is 0 Å². The number of hydrogen-bond acceptors (Lipinski definition) is 8. The molecule has 6 atom stereocenters. The molecule has 1 unspecified atom stereocenters. The van der Waals surface area contributed by atoms with Crippen molar-refractivity contribution in [2.45, 2.75) is 70.1 Å². The lowest BCUT2D eigenvalue weighted by molar-refractivity contribution is -0.161. The zero-order valence-corrected chi connectivity index (χ0v) is 25.5. The molecule has 3 fully saturated rings. The Morgan fingerprint density at radius 1 is 1.07 bits per heavy atom. The number of rotatable bonds is 8. The molecule has 1 aliphatic heterocycles. The number of aromatic nitrogens is 4. The van der Waals surface area contributed by atoms with E-state index in [1.807, 2.05) is 38.1 Å². The van der Waals surface area contributed by atoms with Gasteiger partial charge in [0.15, 0.2) is 5.79 Å². The maximum Gasteiger partial charge on any atom is 0.163 e. The molecule has 2 saturated carbocycles. The van der Waals surface area contributed by atoms with Gasteiger partial charge in [0.25, 0.3) is 0 Å². The molecule has 0 spiro atoms. The van der Waals surface area contributed by atoms with Crippen LogP contribution in [-0.4, -0.2) is 44.6 Å². The number of benzene rings is 2. The highest BCUT2D eigenvalue weighted by Crippen LogP contribution is 2.74. The average molecular weight is 591 g/mol. The summed E-state index contributed by atoms with van der Waals surface area (Å²) in [5.74, 6) is 2.36. The summed E-state index contributed by atoms with van der Waals surface area (Å²) in [6, 6.07) is 21.1. The van der Waals surface area contributed by atoms with Crippen molar-refractivity contribution in [3.8, 4) is 5.75 Å². The van der Waals surface area contributed by atoms with Crippen molar-refractivity contribution in [2.75, 3.05) is 18.2 Å². The summed E-state index contributed by atoms with van der Waals surface area (Å²) in [5.41, 5.74) is 10.6. The summed E-state index contributed by atoms with van der Waals surface area (Å²) in [5, 5.41) is 5.49. The Morgan fingerprint density at radius 3 is 2.70 bits per heavy atom. The Balaban J connectivity index is 1.04. The number of nitrogens with zero attached hydrogens (tertiary/aromatic N) is 4. The van der Waals surface area contributed by atoms with Crippen LogP contribution in [0.4, 0.5) is 11.6 Å². The first-order valence-electron chi connectivity index (χ1n) is 15.4. The Hall–Kier alpha value is -4.21. The Kier molecular flexibility index (Phi) is 6.16. The first-order valence-corrected chi connectivity index (χ1v) is 15.4. The molecule has 3 N–H and O–H groups in total. The van der Waals surface area contributed by atoms with Gasteiger partial charge in [0, 0.05) is 23.5 Å². The second kappa shape index (κ2) is 9.90. The van der Waals surface area contributed by atoms with Gasteiger partial charge < -0.3 is 29.8 Å². The van der Waals surface area contributed by atoms with Crippen molar-refractivity contribution in [3.63, 3.8) is 0 Å². The fourth-order valence-electron chi connectivity index (χ4n) is 7.95. The fourth-order valence-corrected chi connectivity index (χ4v) is 7.95. The minimum absolute atomic E-state index is 0.0268. The van der Waals surface area contributed by atoms with E-state index >= 15 is 0 Å². The summed E-state index contributed by atoms with van der Waals surface area (Å²) in [4.78, 5) is 13.8. The highest BCUT2D eigenvalue weighted by molar-refractivity contribution is 5.86. The third-order valence-electron chi connectivity index (χ3n) is 10.1. The van der Waals surface area contributed by atoms with Crippen LogP contribution in [0, 0.1) is 11.3 Å². The molecule has 9 nitrogen and oxygen atoms in total. The lowest BCUT2D eigenvalue weighted by atomic mass is 9.84. The van der Waals surface area contributed by atoms with E-state index < -0.39 is 5.79 Å². The summed E-state index contributed by atoms with van der Waals surface area (Å²) in [6.45, 7) is 7.08. The number of fused-ring (bicyclic) bond motifs is 5. The number of pyridine rings is 1. The molecule has 4 heterocycles. The monoisotopic (exact) mass is 590 g/mol. The largest absolute Gasteiger partial charge is 0.497 e. The van der Waals surface area contributed by atoms with Gasteiger partial charge in [0.05, 0.1) is 30.2 Å². The summed E-state index contributed by atoms with van der Waals surface area (Å²) >= 11 is 0. The Bertz CT molecular complexity index is 1870. The number of nitrogens with two attached hydrogens (primary N) is 1. The minimum Gasteiger partial charge on any atom is -0.497 e. The zero-order valence-electron chi connectivity index (χ0n) is 25.5. The van der Waals surface area contributed by atoms with Crippen LogP contribution < -0.4 is 15.8 Å². The summed E-state index contributed by atoms with van der Waals surface area (Å²) < 4.78 is 20.8. The number of nitrogens with one attached hydrogen (secondary N) is 1. The zero-order chi connectivity index (χ0) is 30.2. The normalized spacial score (nSPS) is 27.3. The molecule has 226 valence electrons. The number of nitrogen functional groups attached to an aromatic ring is 1. The summed E-state index contributed by atoms with van der Waals surface area (Å²) in [6.07, 6.45) is 5.76. The maximum atomic E-state index is 6.67. The molecule has 44 heavy (non-hydrogen) atoms. The quantitative estimate of drug-likeness (QED) is 0.212. The van der Waals surface area contributed by atoms with E-state index in [1.165, 1.54) is 11.1 Å². The topological polar surface area (TPSA) is 109 Å². The highest BCUT2D eigenvalue weighted by atomic mass is 16.8. The second-order valence-electron chi connectivity index (χ2n) is 13.2. The van der Waals surface area contributed by atoms with E-state index in [1.54, 1.807) is 13.4 Å². The van der Waals surface area contributed by atoms with Crippen molar-refractivity contribution < 1.29 is 14.2 Å². The molecule has 1 saturated heterocycles. The molecule has 9 heteroatoms. The molecular weight excluding hydrogens is 552 g/mol. The Labute approximate surface area is 256 Å². The minimum atomic E-state index is -0.629. The van der Waals surface area contributed by atoms with Crippen LogP contribution in [0.3, 0.4) is 0 Å². The SMILES string of the molecule is COc1ccc(CNc2ccc3ccc(C(C)C[C@@]45C[C@@H]4[C@@H](n4ccc6c(N)ncnc64)[C@@H]4OC(C)(C)O[C@@H]45)cc3n2)cc1. The van der Waals surface area contributed by atoms with Gasteiger partial charge in [-0.15, -0.1) is 0 Å². The van der Waals surface area contributed by atoms with Gasteiger partial charge in [-0.1, -0.05) is 31.2 Å². The Morgan fingerprint density at radius 2 is 1.89 bits per heavy atom. The van der Waals surface area contributed by atoms with Crippen molar-refractivity contribution in [1.29, 1.82) is 0 Å². The van der Waals surface area contributed by atoms with Gasteiger partial charge in [-0.3, -0.25) is 0 Å². The number of ether oxygens (including phenoxy) is 3. The van der Waals surface area contributed by atoms with Gasteiger partial charge in [-0.2, -0.15) is 0 Å². The van der Waals surface area contributed by atoms with Crippen LogP contribution >= 0.6 is 0 Å². The molecule has 8 rings (SSSR count). The predicted octanol–water partition coefficient (Wildman–Crippen LogP) is 6.46. The van der Waals surface area contributed by atoms with Gasteiger partial charge in [-0.25, -0.2) is 15.0 Å². The standard InChI is InChI=1S/C35H38N6O3/c1-20(23-8-7-22-9-12-28(40-27(22)15-23)37-18-21-5-10-24(42-4)11-6-21)16-35-17-26(35)29(30-31(35)44-34(2,3)43-30)41-14-13-25-32(36)38-19-39-33(25)41/h5-15,19-20,26,29-31H,16-18H2,1-4H3,(H,37,40)(H2,36,38,39)/t20?,26-,29-,30+,31+,35-/m1/s1. The van der Waals surface area contributed by atoms with E-state index in [0.717, 1.165) is 46.3 Å². The molecule has 3 aromatic heterocycles. The molecule has 0 radical (unpaired) electrons. The van der Waals surface area contributed by atoms with E-state index in [0.29, 0.717) is 24.2 Å². The maximum absolute atomic E-state index is 6.67. The van der Waals surface area contributed by atoms with E-state index in [2.05, 4.69) is 69.4 Å². The van der Waals surface area contributed by atoms with Crippen LogP contribution in [0.2, 0.25) is 0 Å². The molecule has 2 aliphatic carbocycles. The van der Waals surface area contributed by atoms with Crippen LogP contribution in [-0.2, 0) is 16.0 Å². The number of hydrogen-bond donors (Lipinski definition) is 2. The number of methoxy groups -OCH3 is 1. The third kappa shape index (κ3) is 4.40. The van der Waals surface area contributed by atoms with Crippen LogP contribution in [0.25, 0.3) is 21.9 Å². The summed E-state index contributed by atoms with van der Waals surface area (Å²) in [7, 11) is 1.68. The lowest BCUT2D eigenvalue weighted by Crippen LogP contribution is -2.32. The molecule has 0 amide bonds. The smallest absolute Gasteiger partial charge is 0.163 e. The molecule has 2 aromatic carbocycles. The predicted molar refractivity (Wildman–Crippen MR) is 170 cm³/mol. The number of anilines is 2. The lowest BCUT2D eigenvalue weighted by Gasteiger charge is -2.26. The molecule has 5 aromatic rings. The van der Waals surface area contributed by atoms with Crippen LogP contribution in [0.1, 0.15) is 56.7 Å². The van der Waals surface area contributed by atoms with Gasteiger partial charge in [-0.05, 0) is 86.1 Å². The molecule has 0 bridgehead atoms. The van der Waals surface area contributed by atoms with Crippen molar-refractivity contribution in [1.82, 2.24) is 19.5 Å². The average Bonchev–Trinajstić information content (AvgIpc) is 3.26.